The van der Waals surface area contributed by atoms with Crippen LogP contribution in [0.15, 0.2) is 36.7 Å². The van der Waals surface area contributed by atoms with Crippen molar-refractivity contribution in [1.82, 2.24) is 14.9 Å². The Hall–Kier alpha value is -2.63. The number of aromatic nitrogens is 2. The molecule has 0 radical (unpaired) electrons. The molecule has 0 N–H and O–H groups in total. The Balaban J connectivity index is 1.39. The first-order valence-electron chi connectivity index (χ1n) is 10.2. The molecule has 2 fully saturated rings. The number of likely N-dealkylation sites (tertiary alicyclic amines) is 1. The zero-order valence-electron chi connectivity index (χ0n) is 16.5. The molecule has 6 nitrogen and oxygen atoms in total. The summed E-state index contributed by atoms with van der Waals surface area (Å²) >= 11 is 0. The molecule has 2 saturated heterocycles. The van der Waals surface area contributed by atoms with Gasteiger partial charge in [-0.3, -0.25) is 4.79 Å². The molecule has 2 aliphatic heterocycles. The number of carbonyl (C=O) groups is 1. The summed E-state index contributed by atoms with van der Waals surface area (Å²) in [6.07, 6.45) is 6.99. The number of carbonyl (C=O) groups excluding carboxylic acids is 1. The Morgan fingerprint density at radius 2 is 1.71 bits per heavy atom. The first-order chi connectivity index (χ1) is 13.7. The van der Waals surface area contributed by atoms with Gasteiger partial charge >= 0.3 is 0 Å². The van der Waals surface area contributed by atoms with E-state index >= 15 is 0 Å². The van der Waals surface area contributed by atoms with Gasteiger partial charge < -0.3 is 14.5 Å². The fourth-order valence-electron chi connectivity index (χ4n) is 4.17. The van der Waals surface area contributed by atoms with Crippen molar-refractivity contribution < 1.29 is 9.53 Å². The lowest BCUT2D eigenvalue weighted by molar-refractivity contribution is -0.137. The van der Waals surface area contributed by atoms with E-state index in [2.05, 4.69) is 19.8 Å². The number of methoxy groups -OCH3 is 1. The van der Waals surface area contributed by atoms with E-state index in [1.165, 1.54) is 6.42 Å². The first-order valence-corrected chi connectivity index (χ1v) is 10.2. The monoisotopic (exact) mass is 380 g/mol. The number of nitrogens with zero attached hydrogens (tertiary/aromatic N) is 4. The highest BCUT2D eigenvalue weighted by Gasteiger charge is 2.29. The van der Waals surface area contributed by atoms with Crippen LogP contribution in [-0.2, 0) is 4.79 Å². The molecule has 4 rings (SSSR count). The molecular formula is C22H28N4O2. The summed E-state index contributed by atoms with van der Waals surface area (Å²) in [4.78, 5) is 26.0. The van der Waals surface area contributed by atoms with Crippen molar-refractivity contribution >= 4 is 11.7 Å². The molecule has 0 unspecified atom stereocenters. The van der Waals surface area contributed by atoms with Gasteiger partial charge in [0.2, 0.25) is 5.91 Å². The van der Waals surface area contributed by atoms with Gasteiger partial charge in [-0.1, -0.05) is 0 Å². The third-order valence-corrected chi connectivity index (χ3v) is 5.87. The van der Waals surface area contributed by atoms with Crippen molar-refractivity contribution in [1.29, 1.82) is 0 Å². The molecule has 1 aromatic carbocycles. The van der Waals surface area contributed by atoms with E-state index in [-0.39, 0.29) is 5.92 Å². The molecule has 0 saturated carbocycles. The predicted molar refractivity (Wildman–Crippen MR) is 109 cm³/mol. The maximum atomic E-state index is 12.8. The molecule has 28 heavy (non-hydrogen) atoms. The lowest BCUT2D eigenvalue weighted by atomic mass is 9.94. The SMILES string of the molecule is COc1ccc(-c2cc(N3CCC(C(=O)N4CCCCC4)CC3)ncn2)cc1. The Kier molecular flexibility index (Phi) is 5.74. The Morgan fingerprint density at radius 1 is 1.00 bits per heavy atom. The summed E-state index contributed by atoms with van der Waals surface area (Å²) in [7, 11) is 1.66. The molecule has 2 aromatic rings. The van der Waals surface area contributed by atoms with Crippen molar-refractivity contribution in [2.45, 2.75) is 32.1 Å². The van der Waals surface area contributed by atoms with Gasteiger partial charge in [-0.15, -0.1) is 0 Å². The second kappa shape index (κ2) is 8.59. The van der Waals surface area contributed by atoms with E-state index in [1.54, 1.807) is 13.4 Å². The van der Waals surface area contributed by atoms with Crippen LogP contribution < -0.4 is 9.64 Å². The van der Waals surface area contributed by atoms with E-state index in [9.17, 15) is 4.79 Å². The van der Waals surface area contributed by atoms with Gasteiger partial charge in [-0.05, 0) is 56.4 Å². The molecule has 3 heterocycles. The molecule has 2 aliphatic rings. The zero-order chi connectivity index (χ0) is 19.3. The van der Waals surface area contributed by atoms with Gasteiger partial charge in [0.1, 0.15) is 17.9 Å². The highest BCUT2D eigenvalue weighted by molar-refractivity contribution is 5.79. The summed E-state index contributed by atoms with van der Waals surface area (Å²) in [5.74, 6) is 2.29. The van der Waals surface area contributed by atoms with Crippen LogP contribution in [0.25, 0.3) is 11.3 Å². The van der Waals surface area contributed by atoms with Crippen molar-refractivity contribution in [2.24, 2.45) is 5.92 Å². The fourth-order valence-corrected chi connectivity index (χ4v) is 4.17. The van der Waals surface area contributed by atoms with Crippen LogP contribution in [0.1, 0.15) is 32.1 Å². The van der Waals surface area contributed by atoms with Gasteiger partial charge in [-0.2, -0.15) is 0 Å². The van der Waals surface area contributed by atoms with Crippen molar-refractivity contribution in [3.05, 3.63) is 36.7 Å². The average molecular weight is 380 g/mol. The van der Waals surface area contributed by atoms with Gasteiger partial charge in [0.25, 0.3) is 0 Å². The van der Waals surface area contributed by atoms with Crippen LogP contribution in [0.2, 0.25) is 0 Å². The van der Waals surface area contributed by atoms with Crippen LogP contribution in [0.5, 0.6) is 5.75 Å². The normalized spacial score (nSPS) is 18.2. The molecule has 148 valence electrons. The highest BCUT2D eigenvalue weighted by Crippen LogP contribution is 2.27. The number of piperidine rings is 2. The third kappa shape index (κ3) is 4.11. The second-order valence-electron chi connectivity index (χ2n) is 7.64. The average Bonchev–Trinajstić information content (AvgIpc) is 2.79. The highest BCUT2D eigenvalue weighted by atomic mass is 16.5. The lowest BCUT2D eigenvalue weighted by Gasteiger charge is -2.36. The van der Waals surface area contributed by atoms with E-state index in [0.717, 1.165) is 74.7 Å². The Labute approximate surface area is 166 Å². The maximum Gasteiger partial charge on any atom is 0.225 e. The molecule has 0 atom stereocenters. The first kappa shape index (κ1) is 18.7. The number of ether oxygens (including phenoxy) is 1. The van der Waals surface area contributed by atoms with Crippen LogP contribution in [0.3, 0.4) is 0 Å². The van der Waals surface area contributed by atoms with Crippen LogP contribution in [-0.4, -0.2) is 54.1 Å². The second-order valence-corrected chi connectivity index (χ2v) is 7.64. The predicted octanol–water partition coefficient (Wildman–Crippen LogP) is 3.38. The van der Waals surface area contributed by atoms with Gasteiger partial charge in [0.05, 0.1) is 12.8 Å². The zero-order valence-corrected chi connectivity index (χ0v) is 16.5. The van der Waals surface area contributed by atoms with Crippen molar-refractivity contribution in [2.75, 3.05) is 38.2 Å². The van der Waals surface area contributed by atoms with Crippen molar-refractivity contribution in [3.8, 4) is 17.0 Å². The van der Waals surface area contributed by atoms with Gasteiger partial charge in [0, 0.05) is 43.7 Å². The smallest absolute Gasteiger partial charge is 0.225 e. The lowest BCUT2D eigenvalue weighted by Crippen LogP contribution is -2.44. The summed E-state index contributed by atoms with van der Waals surface area (Å²) in [5.41, 5.74) is 1.94. The number of hydrogen-bond donors (Lipinski definition) is 0. The minimum Gasteiger partial charge on any atom is -0.497 e. The largest absolute Gasteiger partial charge is 0.497 e. The number of anilines is 1. The number of rotatable bonds is 4. The Bertz CT molecular complexity index is 794. The minimum absolute atomic E-state index is 0.164. The van der Waals surface area contributed by atoms with E-state index in [4.69, 9.17) is 4.74 Å². The fraction of sp³-hybridized carbons (Fsp3) is 0.500. The van der Waals surface area contributed by atoms with E-state index in [1.807, 2.05) is 30.3 Å². The van der Waals surface area contributed by atoms with Gasteiger partial charge in [-0.25, -0.2) is 9.97 Å². The molecule has 0 aliphatic carbocycles. The van der Waals surface area contributed by atoms with Crippen LogP contribution in [0, 0.1) is 5.92 Å². The molecular weight excluding hydrogens is 352 g/mol. The molecule has 0 bridgehead atoms. The molecule has 6 heteroatoms. The van der Waals surface area contributed by atoms with Crippen LogP contribution in [0.4, 0.5) is 5.82 Å². The maximum absolute atomic E-state index is 12.8. The molecule has 0 spiro atoms. The topological polar surface area (TPSA) is 58.6 Å². The van der Waals surface area contributed by atoms with Gasteiger partial charge in [0.15, 0.2) is 0 Å². The van der Waals surface area contributed by atoms with Crippen LogP contribution >= 0.6 is 0 Å². The number of amides is 1. The summed E-state index contributed by atoms with van der Waals surface area (Å²) in [6.45, 7) is 3.61. The molecule has 1 aromatic heterocycles. The van der Waals surface area contributed by atoms with E-state index < -0.39 is 0 Å². The Morgan fingerprint density at radius 3 is 2.39 bits per heavy atom. The summed E-state index contributed by atoms with van der Waals surface area (Å²) in [6, 6.07) is 9.93. The quantitative estimate of drug-likeness (QED) is 0.814. The summed E-state index contributed by atoms with van der Waals surface area (Å²) in [5, 5.41) is 0. The summed E-state index contributed by atoms with van der Waals surface area (Å²) < 4.78 is 5.23. The number of benzene rings is 1. The minimum atomic E-state index is 0.164. The van der Waals surface area contributed by atoms with Crippen molar-refractivity contribution in [3.63, 3.8) is 0 Å². The number of hydrogen-bond acceptors (Lipinski definition) is 5. The third-order valence-electron chi connectivity index (χ3n) is 5.87. The molecule has 1 amide bonds. The standard InChI is InChI=1S/C22H28N4O2/c1-28-19-7-5-17(6-8-19)20-15-21(24-16-23-20)25-13-9-18(10-14-25)22(27)26-11-3-2-4-12-26/h5-8,15-16,18H,2-4,9-14H2,1H3. The van der Waals surface area contributed by atoms with E-state index in [0.29, 0.717) is 5.91 Å².